The molecule has 0 aromatic heterocycles. The van der Waals surface area contributed by atoms with Crippen molar-refractivity contribution in [2.75, 3.05) is 13.1 Å². The molecular weight excluding hydrogens is 253 g/mol. The number of carbonyl (C=O) groups is 2. The van der Waals surface area contributed by atoms with E-state index in [1.165, 1.54) is 0 Å². The number of nitrogens with one attached hydrogen (secondary N) is 2. The van der Waals surface area contributed by atoms with Crippen LogP contribution in [-0.4, -0.2) is 42.3 Å². The second-order valence-corrected chi connectivity index (χ2v) is 4.19. The van der Waals surface area contributed by atoms with Gasteiger partial charge in [0.1, 0.15) is 0 Å². The Hall–Kier alpha value is -1.31. The molecule has 0 bridgehead atoms. The van der Waals surface area contributed by atoms with Crippen molar-refractivity contribution in [2.45, 2.75) is 32.5 Å². The first kappa shape index (κ1) is 16.7. The Kier molecular flexibility index (Phi) is 6.67. The molecular formula is C10H17F3N2O3. The highest BCUT2D eigenvalue weighted by Crippen LogP contribution is 2.16. The Balaban J connectivity index is 0.000000631. The van der Waals surface area contributed by atoms with Gasteiger partial charge in [0.05, 0.1) is 0 Å². The lowest BCUT2D eigenvalue weighted by Gasteiger charge is -2.28. The Labute approximate surface area is 103 Å². The molecule has 2 atom stereocenters. The summed E-state index contributed by atoms with van der Waals surface area (Å²) in [5.41, 5.74) is 0. The van der Waals surface area contributed by atoms with E-state index < -0.39 is 24.1 Å². The van der Waals surface area contributed by atoms with Crippen molar-refractivity contribution in [3.8, 4) is 0 Å². The molecule has 1 amide bonds. The maximum atomic E-state index is 11.9. The molecule has 0 radical (unpaired) electrons. The van der Waals surface area contributed by atoms with Crippen LogP contribution in [0.3, 0.4) is 0 Å². The number of carboxylic acid groups (broad SMARTS) is 1. The zero-order valence-electron chi connectivity index (χ0n) is 10.2. The third-order valence-corrected chi connectivity index (χ3v) is 2.16. The summed E-state index contributed by atoms with van der Waals surface area (Å²) in [6, 6.07) is -0.409. The van der Waals surface area contributed by atoms with Gasteiger partial charge in [-0.1, -0.05) is 6.92 Å². The molecule has 1 aliphatic heterocycles. The van der Waals surface area contributed by atoms with Crippen LogP contribution in [0, 0.1) is 5.92 Å². The van der Waals surface area contributed by atoms with Crippen molar-refractivity contribution in [3.63, 3.8) is 0 Å². The summed E-state index contributed by atoms with van der Waals surface area (Å²) in [5, 5.41) is 12.3. The largest absolute Gasteiger partial charge is 0.481 e. The van der Waals surface area contributed by atoms with Crippen LogP contribution in [0.25, 0.3) is 0 Å². The monoisotopic (exact) mass is 270 g/mol. The van der Waals surface area contributed by atoms with Crippen LogP contribution in [0.2, 0.25) is 0 Å². The fraction of sp³-hybridized carbons (Fsp3) is 0.800. The molecule has 0 aromatic carbocycles. The Bertz CT molecular complexity index is 291. The van der Waals surface area contributed by atoms with Crippen molar-refractivity contribution in [3.05, 3.63) is 0 Å². The van der Waals surface area contributed by atoms with Crippen LogP contribution < -0.4 is 10.6 Å². The van der Waals surface area contributed by atoms with Crippen LogP contribution in [0.1, 0.15) is 20.3 Å². The van der Waals surface area contributed by atoms with Gasteiger partial charge in [-0.15, -0.1) is 0 Å². The predicted octanol–water partition coefficient (Wildman–Crippen LogP) is 0.754. The minimum absolute atomic E-state index is 0.294. The third kappa shape index (κ3) is 7.88. The van der Waals surface area contributed by atoms with Crippen molar-refractivity contribution < 1.29 is 27.9 Å². The molecule has 1 aliphatic rings. The van der Waals surface area contributed by atoms with E-state index in [9.17, 15) is 18.0 Å². The topological polar surface area (TPSA) is 78.4 Å². The van der Waals surface area contributed by atoms with Gasteiger partial charge in [0.25, 0.3) is 5.97 Å². The number of amides is 1. The SMILES string of the molecule is CC(=O)O.CC1CNCC(NC(=O)C(F)(F)F)C1. The number of carbonyl (C=O) groups excluding carboxylic acids is 1. The van der Waals surface area contributed by atoms with Crippen molar-refractivity contribution in [1.29, 1.82) is 0 Å². The highest BCUT2D eigenvalue weighted by molar-refractivity contribution is 5.81. The van der Waals surface area contributed by atoms with Gasteiger partial charge in [-0.3, -0.25) is 9.59 Å². The Morgan fingerprint density at radius 1 is 1.33 bits per heavy atom. The summed E-state index contributed by atoms with van der Waals surface area (Å²) >= 11 is 0. The highest BCUT2D eigenvalue weighted by atomic mass is 19.4. The Morgan fingerprint density at radius 3 is 2.22 bits per heavy atom. The molecule has 1 fully saturated rings. The van der Waals surface area contributed by atoms with E-state index in [0.717, 1.165) is 13.5 Å². The zero-order chi connectivity index (χ0) is 14.3. The average Bonchev–Trinajstić information content (AvgIpc) is 2.14. The lowest BCUT2D eigenvalue weighted by molar-refractivity contribution is -0.174. The number of aliphatic carboxylic acids is 1. The summed E-state index contributed by atoms with van der Waals surface area (Å²) in [6.45, 7) is 4.21. The minimum atomic E-state index is -4.78. The van der Waals surface area contributed by atoms with Crippen molar-refractivity contribution >= 4 is 11.9 Å². The minimum Gasteiger partial charge on any atom is -0.481 e. The lowest BCUT2D eigenvalue weighted by Crippen LogP contribution is -2.51. The number of alkyl halides is 3. The van der Waals surface area contributed by atoms with E-state index in [1.807, 2.05) is 12.2 Å². The molecule has 2 unspecified atom stereocenters. The second kappa shape index (κ2) is 7.20. The van der Waals surface area contributed by atoms with Gasteiger partial charge in [0.2, 0.25) is 0 Å². The maximum Gasteiger partial charge on any atom is 0.471 e. The first-order valence-electron chi connectivity index (χ1n) is 5.40. The van der Waals surface area contributed by atoms with Gasteiger partial charge >= 0.3 is 12.1 Å². The normalized spacial score (nSPS) is 23.6. The lowest BCUT2D eigenvalue weighted by atomic mass is 9.98. The molecule has 1 saturated heterocycles. The van der Waals surface area contributed by atoms with E-state index in [0.29, 0.717) is 18.9 Å². The quantitative estimate of drug-likeness (QED) is 0.657. The summed E-state index contributed by atoms with van der Waals surface area (Å²) in [6.07, 6.45) is -4.19. The molecule has 3 N–H and O–H groups in total. The first-order valence-corrected chi connectivity index (χ1v) is 5.40. The summed E-state index contributed by atoms with van der Waals surface area (Å²) in [7, 11) is 0. The van der Waals surface area contributed by atoms with Crippen molar-refractivity contribution in [1.82, 2.24) is 10.6 Å². The highest BCUT2D eigenvalue weighted by Gasteiger charge is 2.40. The number of hydrogen-bond acceptors (Lipinski definition) is 3. The fourth-order valence-corrected chi connectivity index (χ4v) is 1.53. The van der Waals surface area contributed by atoms with E-state index in [4.69, 9.17) is 9.90 Å². The molecule has 18 heavy (non-hydrogen) atoms. The fourth-order valence-electron chi connectivity index (χ4n) is 1.53. The van der Waals surface area contributed by atoms with Gasteiger partial charge in [-0.25, -0.2) is 0 Å². The van der Waals surface area contributed by atoms with Gasteiger partial charge in [0, 0.05) is 19.5 Å². The smallest absolute Gasteiger partial charge is 0.471 e. The van der Waals surface area contributed by atoms with Crippen LogP contribution in [-0.2, 0) is 9.59 Å². The third-order valence-electron chi connectivity index (χ3n) is 2.16. The maximum absolute atomic E-state index is 11.9. The molecule has 1 rings (SSSR count). The van der Waals surface area contributed by atoms with Crippen LogP contribution in [0.15, 0.2) is 0 Å². The molecule has 5 nitrogen and oxygen atoms in total. The average molecular weight is 270 g/mol. The van der Waals surface area contributed by atoms with Gasteiger partial charge in [0.15, 0.2) is 0 Å². The molecule has 0 aliphatic carbocycles. The van der Waals surface area contributed by atoms with Gasteiger partial charge in [-0.05, 0) is 18.9 Å². The molecule has 0 saturated carbocycles. The molecule has 0 aromatic rings. The summed E-state index contributed by atoms with van der Waals surface area (Å²) in [5.74, 6) is -2.39. The number of piperidine rings is 1. The number of carboxylic acids is 1. The van der Waals surface area contributed by atoms with Crippen LogP contribution in [0.5, 0.6) is 0 Å². The molecule has 8 heteroatoms. The van der Waals surface area contributed by atoms with Crippen LogP contribution >= 0.6 is 0 Å². The van der Waals surface area contributed by atoms with E-state index in [-0.39, 0.29) is 0 Å². The van der Waals surface area contributed by atoms with Crippen LogP contribution in [0.4, 0.5) is 13.2 Å². The molecule has 0 spiro atoms. The number of halogens is 3. The Morgan fingerprint density at radius 2 is 1.83 bits per heavy atom. The first-order chi connectivity index (χ1) is 8.12. The summed E-state index contributed by atoms with van der Waals surface area (Å²) in [4.78, 5) is 19.6. The van der Waals surface area contributed by atoms with E-state index in [2.05, 4.69) is 5.32 Å². The van der Waals surface area contributed by atoms with Gasteiger partial charge < -0.3 is 15.7 Å². The molecule has 106 valence electrons. The summed E-state index contributed by atoms with van der Waals surface area (Å²) < 4.78 is 35.6. The van der Waals surface area contributed by atoms with Gasteiger partial charge in [-0.2, -0.15) is 13.2 Å². The zero-order valence-corrected chi connectivity index (χ0v) is 10.2. The molecule has 1 heterocycles. The second-order valence-electron chi connectivity index (χ2n) is 4.19. The van der Waals surface area contributed by atoms with Crippen molar-refractivity contribution in [2.24, 2.45) is 5.92 Å². The predicted molar refractivity (Wildman–Crippen MR) is 57.9 cm³/mol. The number of rotatable bonds is 1. The van der Waals surface area contributed by atoms with E-state index >= 15 is 0 Å². The van der Waals surface area contributed by atoms with E-state index in [1.54, 1.807) is 0 Å². The number of hydrogen-bond donors (Lipinski definition) is 3. The standard InChI is InChI=1S/C8H13F3N2O.C2H4O2/c1-5-2-6(4-12-3-5)13-7(14)8(9,10)11;1-2(3)4/h5-6,12H,2-4H2,1H3,(H,13,14);1H3,(H,3,4).